The van der Waals surface area contributed by atoms with E-state index in [2.05, 4.69) is 10.3 Å². The molecular formula is C16H21N3O2. The number of ether oxygens (including phenoxy) is 1. The van der Waals surface area contributed by atoms with Gasteiger partial charge >= 0.3 is 0 Å². The zero-order valence-corrected chi connectivity index (χ0v) is 12.4. The number of methoxy groups -OCH3 is 1. The van der Waals surface area contributed by atoms with Crippen LogP contribution in [0.3, 0.4) is 0 Å². The molecule has 0 saturated heterocycles. The Morgan fingerprint density at radius 1 is 1.24 bits per heavy atom. The third-order valence-electron chi connectivity index (χ3n) is 3.28. The van der Waals surface area contributed by atoms with E-state index >= 15 is 0 Å². The molecule has 1 aromatic heterocycles. The zero-order chi connectivity index (χ0) is 15.1. The summed E-state index contributed by atoms with van der Waals surface area (Å²) in [6.45, 7) is 1.38. The van der Waals surface area contributed by atoms with Crippen molar-refractivity contribution in [1.29, 1.82) is 0 Å². The molecule has 112 valence electrons. The molecular weight excluding hydrogens is 266 g/mol. The van der Waals surface area contributed by atoms with Crippen molar-refractivity contribution in [2.45, 2.75) is 6.54 Å². The Kier molecular flexibility index (Phi) is 5.40. The Hall–Kier alpha value is -2.27. The second-order valence-corrected chi connectivity index (χ2v) is 4.71. The number of anilines is 2. The number of aliphatic hydroxyl groups is 1. The van der Waals surface area contributed by atoms with Crippen LogP contribution in [0.25, 0.3) is 0 Å². The van der Waals surface area contributed by atoms with E-state index in [1.54, 1.807) is 13.3 Å². The number of likely N-dealkylation sites (N-methyl/N-ethyl adjacent to an activating group) is 1. The van der Waals surface area contributed by atoms with Gasteiger partial charge in [0.2, 0.25) is 0 Å². The van der Waals surface area contributed by atoms with Crippen molar-refractivity contribution in [2.75, 3.05) is 37.5 Å². The van der Waals surface area contributed by atoms with Crippen LogP contribution in [0.5, 0.6) is 5.75 Å². The highest BCUT2D eigenvalue weighted by atomic mass is 16.5. The molecule has 0 saturated carbocycles. The third-order valence-corrected chi connectivity index (χ3v) is 3.28. The Labute approximate surface area is 125 Å². The summed E-state index contributed by atoms with van der Waals surface area (Å²) in [4.78, 5) is 6.33. The Morgan fingerprint density at radius 3 is 2.71 bits per heavy atom. The van der Waals surface area contributed by atoms with Crippen molar-refractivity contribution in [3.8, 4) is 5.75 Å². The molecule has 0 aliphatic carbocycles. The summed E-state index contributed by atoms with van der Waals surface area (Å²) in [5, 5.41) is 12.2. The van der Waals surface area contributed by atoms with Crippen LogP contribution in [-0.2, 0) is 6.54 Å². The molecule has 2 rings (SSSR count). The van der Waals surface area contributed by atoms with Crippen LogP contribution in [0.1, 0.15) is 5.56 Å². The van der Waals surface area contributed by atoms with Crippen molar-refractivity contribution in [3.63, 3.8) is 0 Å². The number of pyridine rings is 1. The Morgan fingerprint density at radius 2 is 2.05 bits per heavy atom. The lowest BCUT2D eigenvalue weighted by Gasteiger charge is -2.17. The molecule has 0 aliphatic heterocycles. The maximum Gasteiger partial charge on any atom is 0.126 e. The minimum atomic E-state index is 0.129. The van der Waals surface area contributed by atoms with Gasteiger partial charge in [0.05, 0.1) is 25.6 Å². The lowest BCUT2D eigenvalue weighted by atomic mass is 10.2. The molecule has 0 atom stereocenters. The maximum atomic E-state index is 8.93. The highest BCUT2D eigenvalue weighted by Gasteiger charge is 2.03. The second kappa shape index (κ2) is 7.50. The number of aromatic nitrogens is 1. The highest BCUT2D eigenvalue weighted by Crippen LogP contribution is 2.19. The van der Waals surface area contributed by atoms with Crippen LogP contribution < -0.4 is 15.0 Å². The molecule has 1 aromatic carbocycles. The predicted molar refractivity (Wildman–Crippen MR) is 84.9 cm³/mol. The topological polar surface area (TPSA) is 57.6 Å². The van der Waals surface area contributed by atoms with E-state index in [1.165, 1.54) is 0 Å². The monoisotopic (exact) mass is 287 g/mol. The van der Waals surface area contributed by atoms with Crippen LogP contribution in [0.15, 0.2) is 42.6 Å². The minimum absolute atomic E-state index is 0.129. The summed E-state index contributed by atoms with van der Waals surface area (Å²) in [5.41, 5.74) is 2.06. The van der Waals surface area contributed by atoms with E-state index in [4.69, 9.17) is 9.84 Å². The van der Waals surface area contributed by atoms with Crippen LogP contribution >= 0.6 is 0 Å². The van der Waals surface area contributed by atoms with Crippen LogP contribution in [-0.4, -0.2) is 37.4 Å². The Bertz CT molecular complexity index is 558. The van der Waals surface area contributed by atoms with Gasteiger partial charge in [-0.15, -0.1) is 0 Å². The first kappa shape index (κ1) is 15.1. The Balaban J connectivity index is 1.97. The standard InChI is InChI=1S/C16H21N3O2/c1-19(9-10-20)14-7-8-16(18-12-14)17-11-13-5-3-4-6-15(13)21-2/h3-8,12,20H,9-11H2,1-2H3,(H,17,18). The molecule has 0 amide bonds. The van der Waals surface area contributed by atoms with Gasteiger partial charge in [-0.25, -0.2) is 4.98 Å². The van der Waals surface area contributed by atoms with Crippen molar-refractivity contribution >= 4 is 11.5 Å². The van der Waals surface area contributed by atoms with Crippen LogP contribution in [0, 0.1) is 0 Å². The van der Waals surface area contributed by atoms with E-state index in [0.29, 0.717) is 13.1 Å². The van der Waals surface area contributed by atoms with Gasteiger partial charge in [-0.3, -0.25) is 0 Å². The molecule has 0 radical (unpaired) electrons. The number of nitrogens with one attached hydrogen (secondary N) is 1. The zero-order valence-electron chi connectivity index (χ0n) is 12.4. The third kappa shape index (κ3) is 4.10. The average Bonchev–Trinajstić information content (AvgIpc) is 2.54. The largest absolute Gasteiger partial charge is 0.496 e. The van der Waals surface area contributed by atoms with Gasteiger partial charge in [0, 0.05) is 25.7 Å². The summed E-state index contributed by atoms with van der Waals surface area (Å²) in [6.07, 6.45) is 1.79. The summed E-state index contributed by atoms with van der Waals surface area (Å²) < 4.78 is 5.32. The molecule has 0 fully saturated rings. The van der Waals surface area contributed by atoms with Crippen molar-refractivity contribution in [3.05, 3.63) is 48.2 Å². The van der Waals surface area contributed by atoms with E-state index in [9.17, 15) is 0 Å². The molecule has 5 heteroatoms. The predicted octanol–water partition coefficient (Wildman–Crippen LogP) is 2.13. The fraction of sp³-hybridized carbons (Fsp3) is 0.312. The van der Waals surface area contributed by atoms with Gasteiger partial charge < -0.3 is 20.1 Å². The number of para-hydroxylation sites is 1. The lowest BCUT2D eigenvalue weighted by molar-refractivity contribution is 0.304. The summed E-state index contributed by atoms with van der Waals surface area (Å²) in [6, 6.07) is 11.8. The molecule has 0 spiro atoms. The molecule has 1 heterocycles. The fourth-order valence-corrected chi connectivity index (χ4v) is 2.03. The molecule has 2 N–H and O–H groups in total. The summed E-state index contributed by atoms with van der Waals surface area (Å²) in [5.74, 6) is 1.67. The van der Waals surface area contributed by atoms with E-state index in [1.807, 2.05) is 48.3 Å². The molecule has 21 heavy (non-hydrogen) atoms. The smallest absolute Gasteiger partial charge is 0.126 e. The number of aliphatic hydroxyl groups excluding tert-OH is 1. The lowest BCUT2D eigenvalue weighted by Crippen LogP contribution is -2.21. The fourth-order valence-electron chi connectivity index (χ4n) is 2.03. The van der Waals surface area contributed by atoms with Crippen molar-refractivity contribution in [1.82, 2.24) is 4.98 Å². The number of hydrogen-bond acceptors (Lipinski definition) is 5. The molecule has 0 unspecified atom stereocenters. The average molecular weight is 287 g/mol. The molecule has 5 nitrogen and oxygen atoms in total. The number of benzene rings is 1. The van der Waals surface area contributed by atoms with Crippen LogP contribution in [0.4, 0.5) is 11.5 Å². The SMILES string of the molecule is COc1ccccc1CNc1ccc(N(C)CCO)cn1. The highest BCUT2D eigenvalue weighted by molar-refractivity contribution is 5.49. The first-order chi connectivity index (χ1) is 10.2. The number of rotatable bonds is 7. The van der Waals surface area contributed by atoms with Gasteiger partial charge in [-0.05, 0) is 18.2 Å². The van der Waals surface area contributed by atoms with E-state index in [-0.39, 0.29) is 6.61 Å². The molecule has 0 bridgehead atoms. The first-order valence-electron chi connectivity index (χ1n) is 6.88. The molecule has 2 aromatic rings. The van der Waals surface area contributed by atoms with Gasteiger partial charge in [0.15, 0.2) is 0 Å². The van der Waals surface area contributed by atoms with E-state index < -0.39 is 0 Å². The summed E-state index contributed by atoms with van der Waals surface area (Å²) in [7, 11) is 3.60. The van der Waals surface area contributed by atoms with Gasteiger partial charge in [-0.2, -0.15) is 0 Å². The maximum absolute atomic E-state index is 8.93. The normalized spacial score (nSPS) is 10.2. The van der Waals surface area contributed by atoms with Gasteiger partial charge in [0.1, 0.15) is 11.6 Å². The van der Waals surface area contributed by atoms with Gasteiger partial charge in [-0.1, -0.05) is 18.2 Å². The van der Waals surface area contributed by atoms with Crippen molar-refractivity contribution in [2.24, 2.45) is 0 Å². The first-order valence-corrected chi connectivity index (χ1v) is 6.88. The number of hydrogen-bond donors (Lipinski definition) is 2. The number of nitrogens with zero attached hydrogens (tertiary/aromatic N) is 2. The van der Waals surface area contributed by atoms with Crippen molar-refractivity contribution < 1.29 is 9.84 Å². The van der Waals surface area contributed by atoms with Gasteiger partial charge in [0.25, 0.3) is 0 Å². The van der Waals surface area contributed by atoms with Crippen LogP contribution in [0.2, 0.25) is 0 Å². The quantitative estimate of drug-likeness (QED) is 0.817. The summed E-state index contributed by atoms with van der Waals surface area (Å²) >= 11 is 0. The second-order valence-electron chi connectivity index (χ2n) is 4.71. The molecule has 0 aliphatic rings. The minimum Gasteiger partial charge on any atom is -0.496 e. The van der Waals surface area contributed by atoms with E-state index in [0.717, 1.165) is 22.8 Å².